The Balaban J connectivity index is 2.09. The number of hydrogen-bond acceptors (Lipinski definition) is 4. The molecule has 0 bridgehead atoms. The van der Waals surface area contributed by atoms with Crippen LogP contribution in [0.15, 0.2) is 42.5 Å². The van der Waals surface area contributed by atoms with Gasteiger partial charge in [0, 0.05) is 11.1 Å². The zero-order valence-corrected chi connectivity index (χ0v) is 16.1. The van der Waals surface area contributed by atoms with Crippen LogP contribution in [-0.4, -0.2) is 25.0 Å². The van der Waals surface area contributed by atoms with Crippen molar-refractivity contribution >= 4 is 23.4 Å². The lowest BCUT2D eigenvalue weighted by atomic mass is 10.2. The molecule has 0 aliphatic carbocycles. The molecule has 0 heterocycles. The monoisotopic (exact) mass is 390 g/mol. The van der Waals surface area contributed by atoms with Crippen molar-refractivity contribution < 1.29 is 19.1 Å². The largest absolute Gasteiger partial charge is 0.490 e. The van der Waals surface area contributed by atoms with Crippen molar-refractivity contribution in [3.63, 3.8) is 0 Å². The van der Waals surface area contributed by atoms with Crippen LogP contribution in [0.2, 0.25) is 5.02 Å². The molecule has 0 radical (unpaired) electrons. The van der Waals surface area contributed by atoms with Crippen molar-refractivity contribution in [3.8, 4) is 11.5 Å². The maximum absolute atomic E-state index is 12.4. The number of benzene rings is 2. The van der Waals surface area contributed by atoms with Gasteiger partial charge in [-0.15, -0.1) is 0 Å². The minimum atomic E-state index is -0.512. The molecule has 2 aromatic rings. The van der Waals surface area contributed by atoms with Crippen molar-refractivity contribution in [2.24, 2.45) is 0 Å². The first-order valence-electron chi connectivity index (χ1n) is 8.81. The SMILES string of the molecule is CCCCOc1c(Cl)cc(C(=O)NNC(=O)c2ccccc2)cc1OCC. The van der Waals surface area contributed by atoms with Crippen LogP contribution in [0.25, 0.3) is 0 Å². The van der Waals surface area contributed by atoms with E-state index in [2.05, 4.69) is 17.8 Å². The van der Waals surface area contributed by atoms with E-state index in [1.54, 1.807) is 36.4 Å². The van der Waals surface area contributed by atoms with Crippen molar-refractivity contribution in [1.29, 1.82) is 0 Å². The van der Waals surface area contributed by atoms with Crippen LogP contribution < -0.4 is 20.3 Å². The molecule has 0 aliphatic rings. The number of hydrazine groups is 1. The van der Waals surface area contributed by atoms with Crippen LogP contribution in [-0.2, 0) is 0 Å². The molecule has 144 valence electrons. The summed E-state index contributed by atoms with van der Waals surface area (Å²) in [7, 11) is 0. The second kappa shape index (κ2) is 10.4. The summed E-state index contributed by atoms with van der Waals surface area (Å²) in [6.07, 6.45) is 1.87. The Morgan fingerprint density at radius 3 is 2.26 bits per heavy atom. The Labute approximate surface area is 163 Å². The number of amides is 2. The smallest absolute Gasteiger partial charge is 0.269 e. The van der Waals surface area contributed by atoms with Gasteiger partial charge in [-0.1, -0.05) is 43.1 Å². The third kappa shape index (κ3) is 5.89. The number of carbonyl (C=O) groups excluding carboxylic acids is 2. The summed E-state index contributed by atoms with van der Waals surface area (Å²) in [6, 6.07) is 11.6. The van der Waals surface area contributed by atoms with Gasteiger partial charge in [-0.05, 0) is 37.6 Å². The Morgan fingerprint density at radius 1 is 0.963 bits per heavy atom. The molecule has 0 saturated carbocycles. The van der Waals surface area contributed by atoms with E-state index in [1.165, 1.54) is 6.07 Å². The molecule has 0 atom stereocenters. The third-order valence-corrected chi connectivity index (χ3v) is 3.92. The summed E-state index contributed by atoms with van der Waals surface area (Å²) < 4.78 is 11.3. The fourth-order valence-electron chi connectivity index (χ4n) is 2.27. The van der Waals surface area contributed by atoms with E-state index in [4.69, 9.17) is 21.1 Å². The van der Waals surface area contributed by atoms with Crippen LogP contribution in [0.4, 0.5) is 0 Å². The summed E-state index contributed by atoms with van der Waals surface area (Å²) in [5.74, 6) is -0.126. The number of halogens is 1. The van der Waals surface area contributed by atoms with E-state index in [9.17, 15) is 9.59 Å². The predicted octanol–water partition coefficient (Wildman–Crippen LogP) is 3.99. The van der Waals surface area contributed by atoms with Crippen LogP contribution in [0.3, 0.4) is 0 Å². The lowest BCUT2D eigenvalue weighted by molar-refractivity contribution is 0.0846. The summed E-state index contributed by atoms with van der Waals surface area (Å²) in [6.45, 7) is 4.80. The standard InChI is InChI=1S/C20H23ClN2O4/c1-3-5-11-27-18-16(21)12-15(13-17(18)26-4-2)20(25)23-22-19(24)14-9-7-6-8-10-14/h6-10,12-13H,3-5,11H2,1-2H3,(H,22,24)(H,23,25). The summed E-state index contributed by atoms with van der Waals surface area (Å²) in [5, 5.41) is 0.275. The average molecular weight is 391 g/mol. The molecular weight excluding hydrogens is 368 g/mol. The zero-order valence-electron chi connectivity index (χ0n) is 15.4. The highest BCUT2D eigenvalue weighted by Gasteiger charge is 2.17. The molecular formula is C20H23ClN2O4. The van der Waals surface area contributed by atoms with Crippen molar-refractivity contribution in [1.82, 2.24) is 10.9 Å². The second-order valence-corrected chi connectivity index (χ2v) is 6.10. The Kier molecular flexibility index (Phi) is 7.95. The zero-order chi connectivity index (χ0) is 19.6. The Bertz CT molecular complexity index is 781. The summed E-state index contributed by atoms with van der Waals surface area (Å²) in [5.41, 5.74) is 5.43. The van der Waals surface area contributed by atoms with Gasteiger partial charge in [-0.25, -0.2) is 0 Å². The Hall–Kier alpha value is -2.73. The molecule has 2 N–H and O–H groups in total. The van der Waals surface area contributed by atoms with E-state index in [0.29, 0.717) is 30.3 Å². The fraction of sp³-hybridized carbons (Fsp3) is 0.300. The van der Waals surface area contributed by atoms with Gasteiger partial charge in [0.25, 0.3) is 11.8 Å². The summed E-state index contributed by atoms with van der Waals surface area (Å²) >= 11 is 6.28. The second-order valence-electron chi connectivity index (χ2n) is 5.69. The van der Waals surface area contributed by atoms with Crippen LogP contribution in [0.1, 0.15) is 47.4 Å². The van der Waals surface area contributed by atoms with Gasteiger partial charge in [-0.3, -0.25) is 20.4 Å². The Morgan fingerprint density at radius 2 is 1.63 bits per heavy atom. The molecule has 0 fully saturated rings. The number of rotatable bonds is 8. The van der Waals surface area contributed by atoms with Crippen LogP contribution in [0.5, 0.6) is 11.5 Å². The van der Waals surface area contributed by atoms with Gasteiger partial charge in [0.15, 0.2) is 11.5 Å². The molecule has 27 heavy (non-hydrogen) atoms. The van der Waals surface area contributed by atoms with Gasteiger partial charge >= 0.3 is 0 Å². The van der Waals surface area contributed by atoms with E-state index in [0.717, 1.165) is 12.8 Å². The fourth-order valence-corrected chi connectivity index (χ4v) is 2.53. The molecule has 0 aliphatic heterocycles. The number of ether oxygens (including phenoxy) is 2. The first-order chi connectivity index (χ1) is 13.1. The molecule has 0 unspecified atom stereocenters. The molecule has 2 amide bonds. The van der Waals surface area contributed by atoms with E-state index >= 15 is 0 Å². The summed E-state index contributed by atoms with van der Waals surface area (Å²) in [4.78, 5) is 24.4. The van der Waals surface area contributed by atoms with Gasteiger partial charge in [0.05, 0.1) is 18.2 Å². The number of nitrogens with one attached hydrogen (secondary N) is 2. The van der Waals surface area contributed by atoms with Crippen molar-refractivity contribution in [2.45, 2.75) is 26.7 Å². The van der Waals surface area contributed by atoms with E-state index in [-0.39, 0.29) is 10.6 Å². The highest BCUT2D eigenvalue weighted by molar-refractivity contribution is 6.32. The van der Waals surface area contributed by atoms with Crippen molar-refractivity contribution in [2.75, 3.05) is 13.2 Å². The van der Waals surface area contributed by atoms with Crippen LogP contribution >= 0.6 is 11.6 Å². The highest BCUT2D eigenvalue weighted by atomic mass is 35.5. The molecule has 6 nitrogen and oxygen atoms in total. The maximum atomic E-state index is 12.4. The van der Waals surface area contributed by atoms with Crippen molar-refractivity contribution in [3.05, 3.63) is 58.6 Å². The van der Waals surface area contributed by atoms with Gasteiger partial charge in [-0.2, -0.15) is 0 Å². The molecule has 0 saturated heterocycles. The van der Waals surface area contributed by atoms with Gasteiger partial charge in [0.1, 0.15) is 0 Å². The van der Waals surface area contributed by atoms with Gasteiger partial charge in [0.2, 0.25) is 0 Å². The van der Waals surface area contributed by atoms with Gasteiger partial charge < -0.3 is 9.47 Å². The highest BCUT2D eigenvalue weighted by Crippen LogP contribution is 2.36. The lowest BCUT2D eigenvalue weighted by Gasteiger charge is -2.15. The molecule has 0 aromatic heterocycles. The molecule has 2 rings (SSSR count). The molecule has 0 spiro atoms. The first-order valence-corrected chi connectivity index (χ1v) is 9.19. The predicted molar refractivity (Wildman–Crippen MR) is 104 cm³/mol. The minimum absolute atomic E-state index is 0.250. The number of hydrogen-bond donors (Lipinski definition) is 2. The minimum Gasteiger partial charge on any atom is -0.490 e. The van der Waals surface area contributed by atoms with E-state index in [1.807, 2.05) is 6.92 Å². The first kappa shape index (κ1) is 20.6. The maximum Gasteiger partial charge on any atom is 0.269 e. The van der Waals surface area contributed by atoms with Crippen LogP contribution in [0, 0.1) is 0 Å². The topological polar surface area (TPSA) is 76.7 Å². The number of carbonyl (C=O) groups is 2. The quantitative estimate of drug-likeness (QED) is 0.527. The molecule has 2 aromatic carbocycles. The molecule has 7 heteroatoms. The average Bonchev–Trinajstić information content (AvgIpc) is 2.68. The number of unbranched alkanes of at least 4 members (excludes halogenated alkanes) is 1. The third-order valence-electron chi connectivity index (χ3n) is 3.64. The normalized spacial score (nSPS) is 10.2. The van der Waals surface area contributed by atoms with E-state index < -0.39 is 11.8 Å². The lowest BCUT2D eigenvalue weighted by Crippen LogP contribution is -2.41.